The highest BCUT2D eigenvalue weighted by Crippen LogP contribution is 2.35. The fraction of sp³-hybridized carbons (Fsp3) is 0.500. The predicted octanol–water partition coefficient (Wildman–Crippen LogP) is 2.71. The number of hydrogen-bond acceptors (Lipinski definition) is 3. The first-order chi connectivity index (χ1) is 8.68. The second-order valence-corrected chi connectivity index (χ2v) is 8.37. The lowest BCUT2D eigenvalue weighted by atomic mass is 9.89. The highest BCUT2D eigenvalue weighted by Gasteiger charge is 2.40. The largest absolute Gasteiger partial charge is 0.285 e. The summed E-state index contributed by atoms with van der Waals surface area (Å²) in [6.45, 7) is 5.02. The van der Waals surface area contributed by atoms with Gasteiger partial charge in [-0.25, -0.2) is 12.8 Å². The van der Waals surface area contributed by atoms with Crippen molar-refractivity contribution in [3.05, 3.63) is 35.6 Å². The molecule has 0 radical (unpaired) electrons. The molecule has 1 aromatic rings. The zero-order chi connectivity index (χ0) is 14.3. The summed E-state index contributed by atoms with van der Waals surface area (Å²) in [6, 6.07) is 6.39. The van der Waals surface area contributed by atoms with Crippen LogP contribution in [-0.4, -0.2) is 25.1 Å². The maximum Gasteiger partial charge on any atom is 0.160 e. The van der Waals surface area contributed by atoms with Gasteiger partial charge < -0.3 is 0 Å². The van der Waals surface area contributed by atoms with Crippen LogP contribution in [0.3, 0.4) is 0 Å². The van der Waals surface area contributed by atoms with Crippen molar-refractivity contribution in [2.24, 2.45) is 4.99 Å². The topological polar surface area (TPSA) is 46.5 Å². The lowest BCUT2D eigenvalue weighted by molar-refractivity contribution is 0.451. The molecule has 1 aromatic carbocycles. The Morgan fingerprint density at radius 2 is 1.84 bits per heavy atom. The average molecular weight is 283 g/mol. The molecule has 3 nitrogen and oxygen atoms in total. The molecule has 1 heterocycles. The molecular formula is C14H18FNO2S. The first kappa shape index (κ1) is 14.2. The zero-order valence-corrected chi connectivity index (χ0v) is 12.2. The summed E-state index contributed by atoms with van der Waals surface area (Å²) in [5.74, 6) is -0.343. The van der Waals surface area contributed by atoms with Crippen molar-refractivity contribution < 1.29 is 12.8 Å². The first-order valence-electron chi connectivity index (χ1n) is 6.22. The van der Waals surface area contributed by atoms with E-state index in [9.17, 15) is 12.8 Å². The van der Waals surface area contributed by atoms with E-state index in [4.69, 9.17) is 0 Å². The molecule has 0 saturated heterocycles. The lowest BCUT2D eigenvalue weighted by Gasteiger charge is -2.24. The number of benzene rings is 1. The van der Waals surface area contributed by atoms with Crippen molar-refractivity contribution >= 4 is 16.1 Å². The number of rotatable bonds is 1. The molecule has 0 unspecified atom stereocenters. The van der Waals surface area contributed by atoms with Crippen LogP contribution in [-0.2, 0) is 15.4 Å². The van der Waals surface area contributed by atoms with E-state index in [0.717, 1.165) is 0 Å². The molecule has 5 heteroatoms. The van der Waals surface area contributed by atoms with Gasteiger partial charge in [-0.2, -0.15) is 0 Å². The third kappa shape index (κ3) is 2.43. The summed E-state index contributed by atoms with van der Waals surface area (Å²) in [4.78, 5) is 4.39. The monoisotopic (exact) mass is 283 g/mol. The first-order valence-corrected chi connectivity index (χ1v) is 7.87. The molecule has 19 heavy (non-hydrogen) atoms. The Balaban J connectivity index is 2.51. The average Bonchev–Trinajstić information content (AvgIpc) is 2.41. The van der Waals surface area contributed by atoms with E-state index >= 15 is 0 Å². The Morgan fingerprint density at radius 1 is 1.21 bits per heavy atom. The molecule has 2 rings (SSSR count). The summed E-state index contributed by atoms with van der Waals surface area (Å²) in [6.07, 6.45) is 1.73. The molecule has 0 saturated carbocycles. The van der Waals surface area contributed by atoms with Crippen LogP contribution in [0.25, 0.3) is 0 Å². The molecule has 0 bridgehead atoms. The highest BCUT2D eigenvalue weighted by atomic mass is 32.2. The van der Waals surface area contributed by atoms with Gasteiger partial charge in [0.15, 0.2) is 9.84 Å². The SMILES string of the molecule is CC1(C)C=N[C@](C)(c2ccccc2F)CCS1(=O)=O. The minimum atomic E-state index is -3.26. The Hall–Kier alpha value is -1.23. The molecule has 1 aliphatic heterocycles. The molecule has 1 atom stereocenters. The summed E-state index contributed by atoms with van der Waals surface area (Å²) in [7, 11) is -3.26. The second kappa shape index (κ2) is 4.40. The fourth-order valence-electron chi connectivity index (χ4n) is 2.14. The van der Waals surface area contributed by atoms with Gasteiger partial charge in [0.25, 0.3) is 0 Å². The third-order valence-corrected chi connectivity index (χ3v) is 6.22. The van der Waals surface area contributed by atoms with Crippen molar-refractivity contribution in [2.45, 2.75) is 37.5 Å². The van der Waals surface area contributed by atoms with Crippen LogP contribution in [0.15, 0.2) is 29.3 Å². The van der Waals surface area contributed by atoms with Gasteiger partial charge in [-0.05, 0) is 33.3 Å². The van der Waals surface area contributed by atoms with Gasteiger partial charge in [0.05, 0.1) is 11.3 Å². The van der Waals surface area contributed by atoms with Crippen LogP contribution in [0.5, 0.6) is 0 Å². The van der Waals surface area contributed by atoms with E-state index in [1.165, 1.54) is 12.3 Å². The van der Waals surface area contributed by atoms with E-state index in [2.05, 4.69) is 4.99 Å². The van der Waals surface area contributed by atoms with Crippen molar-refractivity contribution in [1.82, 2.24) is 0 Å². The van der Waals surface area contributed by atoms with Crippen LogP contribution in [0.1, 0.15) is 32.8 Å². The van der Waals surface area contributed by atoms with Crippen LogP contribution in [0.4, 0.5) is 4.39 Å². The van der Waals surface area contributed by atoms with Crippen molar-refractivity contribution in [1.29, 1.82) is 0 Å². The van der Waals surface area contributed by atoms with E-state index in [1.807, 2.05) is 0 Å². The Labute approximate surface area is 113 Å². The van der Waals surface area contributed by atoms with E-state index in [-0.39, 0.29) is 18.0 Å². The lowest BCUT2D eigenvalue weighted by Crippen LogP contribution is -2.34. The Morgan fingerprint density at radius 3 is 2.47 bits per heavy atom. The molecule has 0 N–H and O–H groups in total. The van der Waals surface area contributed by atoms with Crippen LogP contribution < -0.4 is 0 Å². The Bertz CT molecular complexity index is 622. The van der Waals surface area contributed by atoms with Gasteiger partial charge >= 0.3 is 0 Å². The normalized spacial score (nSPS) is 28.8. The maximum absolute atomic E-state index is 13.9. The van der Waals surface area contributed by atoms with E-state index in [0.29, 0.717) is 5.56 Å². The van der Waals surface area contributed by atoms with Crippen LogP contribution in [0, 0.1) is 5.82 Å². The van der Waals surface area contributed by atoms with Gasteiger partial charge in [-0.1, -0.05) is 18.2 Å². The number of nitrogens with zero attached hydrogens (tertiary/aromatic N) is 1. The molecule has 0 amide bonds. The predicted molar refractivity (Wildman–Crippen MR) is 74.7 cm³/mol. The molecule has 0 fully saturated rings. The van der Waals surface area contributed by atoms with Gasteiger partial charge in [-0.15, -0.1) is 0 Å². The maximum atomic E-state index is 13.9. The van der Waals surface area contributed by atoms with Crippen LogP contribution in [0.2, 0.25) is 0 Å². The van der Waals surface area contributed by atoms with Gasteiger partial charge in [0, 0.05) is 11.8 Å². The minimum absolute atomic E-state index is 0.00480. The van der Waals surface area contributed by atoms with Gasteiger partial charge in [0.1, 0.15) is 10.6 Å². The summed E-state index contributed by atoms with van der Waals surface area (Å²) in [5, 5.41) is 0. The fourth-order valence-corrected chi connectivity index (χ4v) is 3.55. The number of halogens is 1. The minimum Gasteiger partial charge on any atom is -0.285 e. The number of hydrogen-bond donors (Lipinski definition) is 0. The summed E-state index contributed by atoms with van der Waals surface area (Å²) < 4.78 is 37.2. The van der Waals surface area contributed by atoms with E-state index in [1.54, 1.807) is 39.0 Å². The molecule has 0 aliphatic carbocycles. The van der Waals surface area contributed by atoms with Gasteiger partial charge in [-0.3, -0.25) is 4.99 Å². The standard InChI is InChI=1S/C14H18FNO2S/c1-13(2)10-16-14(3,8-9-19(13,17)18)11-6-4-5-7-12(11)15/h4-7,10H,8-9H2,1-3H3/t14-/m0/s1. The van der Waals surface area contributed by atoms with E-state index < -0.39 is 20.1 Å². The third-order valence-electron chi connectivity index (χ3n) is 3.77. The van der Waals surface area contributed by atoms with Gasteiger partial charge in [0.2, 0.25) is 0 Å². The molecule has 1 aliphatic rings. The second-order valence-electron chi connectivity index (χ2n) is 5.68. The number of aliphatic imine (C=N–C) groups is 1. The quantitative estimate of drug-likeness (QED) is 0.795. The van der Waals surface area contributed by atoms with Crippen molar-refractivity contribution in [3.8, 4) is 0 Å². The molecule has 0 aromatic heterocycles. The zero-order valence-electron chi connectivity index (χ0n) is 11.4. The molecule has 104 valence electrons. The van der Waals surface area contributed by atoms with Crippen molar-refractivity contribution in [2.75, 3.05) is 5.75 Å². The summed E-state index contributed by atoms with van der Waals surface area (Å²) in [5.41, 5.74) is -0.384. The number of sulfone groups is 1. The molecular weight excluding hydrogens is 265 g/mol. The molecule has 0 spiro atoms. The highest BCUT2D eigenvalue weighted by molar-refractivity contribution is 7.93. The van der Waals surface area contributed by atoms with Crippen molar-refractivity contribution in [3.63, 3.8) is 0 Å². The summed E-state index contributed by atoms with van der Waals surface area (Å²) >= 11 is 0. The van der Waals surface area contributed by atoms with Crippen LogP contribution >= 0.6 is 0 Å². The smallest absolute Gasteiger partial charge is 0.160 e. The Kier molecular flexibility index (Phi) is 3.29.